The van der Waals surface area contributed by atoms with E-state index < -0.39 is 18.5 Å². The third-order valence-electron chi connectivity index (χ3n) is 3.67. The summed E-state index contributed by atoms with van der Waals surface area (Å²) < 4.78 is 5.70. The van der Waals surface area contributed by atoms with E-state index in [0.717, 1.165) is 15.6 Å². The zero-order valence-electron chi connectivity index (χ0n) is 14.5. The Hall–Kier alpha value is -2.67. The van der Waals surface area contributed by atoms with Crippen LogP contribution < -0.4 is 10.6 Å². The standard InChI is InChI=1S/C19H19BrN2O4/c1-12-7-8-14(9-13(12)2)19(25)26-11-18(24)21-10-17(23)22-16-6-4-3-5-15(16)20/h3-9H,10-11H2,1-2H3,(H,21,24)(H,22,23). The number of hydrogen-bond acceptors (Lipinski definition) is 4. The summed E-state index contributed by atoms with van der Waals surface area (Å²) in [6.07, 6.45) is 0. The van der Waals surface area contributed by atoms with Crippen molar-refractivity contribution in [2.24, 2.45) is 0 Å². The van der Waals surface area contributed by atoms with Crippen LogP contribution in [0.15, 0.2) is 46.9 Å². The third kappa shape index (κ3) is 5.70. The van der Waals surface area contributed by atoms with Gasteiger partial charge in [0.2, 0.25) is 5.91 Å². The Morgan fingerprint density at radius 1 is 1.00 bits per heavy atom. The lowest BCUT2D eigenvalue weighted by Gasteiger charge is -2.09. The average molecular weight is 419 g/mol. The molecule has 0 fully saturated rings. The first-order valence-electron chi connectivity index (χ1n) is 7.92. The van der Waals surface area contributed by atoms with Gasteiger partial charge in [-0.25, -0.2) is 4.79 Å². The van der Waals surface area contributed by atoms with Crippen LogP contribution in [0.1, 0.15) is 21.5 Å². The predicted octanol–water partition coefficient (Wildman–Crippen LogP) is 2.98. The lowest BCUT2D eigenvalue weighted by Crippen LogP contribution is -2.35. The van der Waals surface area contributed by atoms with Crippen molar-refractivity contribution in [3.05, 3.63) is 63.6 Å². The first-order chi connectivity index (χ1) is 12.4. The molecule has 2 aromatic rings. The number of hydrogen-bond donors (Lipinski definition) is 2. The van der Waals surface area contributed by atoms with Gasteiger partial charge in [-0.3, -0.25) is 9.59 Å². The molecule has 7 heteroatoms. The second-order valence-corrected chi connectivity index (χ2v) is 6.53. The highest BCUT2D eigenvalue weighted by Gasteiger charge is 2.12. The van der Waals surface area contributed by atoms with E-state index in [0.29, 0.717) is 11.3 Å². The van der Waals surface area contributed by atoms with E-state index in [4.69, 9.17) is 4.74 Å². The van der Waals surface area contributed by atoms with Gasteiger partial charge in [-0.05, 0) is 65.2 Å². The number of carbonyl (C=O) groups is 3. The molecule has 0 aromatic heterocycles. The van der Waals surface area contributed by atoms with Crippen LogP contribution in [0, 0.1) is 13.8 Å². The summed E-state index contributed by atoms with van der Waals surface area (Å²) in [6, 6.07) is 12.3. The van der Waals surface area contributed by atoms with Crippen molar-refractivity contribution in [2.45, 2.75) is 13.8 Å². The molecule has 0 saturated carbocycles. The molecular formula is C19H19BrN2O4. The van der Waals surface area contributed by atoms with Gasteiger partial charge in [-0.1, -0.05) is 18.2 Å². The minimum atomic E-state index is -0.582. The number of carbonyl (C=O) groups excluding carboxylic acids is 3. The molecule has 0 radical (unpaired) electrons. The molecule has 0 aliphatic carbocycles. The molecule has 0 atom stereocenters. The average Bonchev–Trinajstić information content (AvgIpc) is 2.62. The van der Waals surface area contributed by atoms with Crippen molar-refractivity contribution in [1.29, 1.82) is 0 Å². The Morgan fingerprint density at radius 3 is 2.42 bits per heavy atom. The largest absolute Gasteiger partial charge is 0.452 e. The van der Waals surface area contributed by atoms with Gasteiger partial charge in [0, 0.05) is 4.47 Å². The van der Waals surface area contributed by atoms with E-state index in [-0.39, 0.29) is 12.5 Å². The second kappa shape index (κ2) is 9.15. The molecule has 0 unspecified atom stereocenters. The molecule has 0 spiro atoms. The number of aryl methyl sites for hydroxylation is 2. The number of anilines is 1. The van der Waals surface area contributed by atoms with Crippen LogP contribution in [0.2, 0.25) is 0 Å². The van der Waals surface area contributed by atoms with Crippen LogP contribution in [0.4, 0.5) is 5.69 Å². The number of benzene rings is 2. The smallest absolute Gasteiger partial charge is 0.338 e. The van der Waals surface area contributed by atoms with Crippen molar-refractivity contribution in [1.82, 2.24) is 5.32 Å². The number of esters is 1. The number of ether oxygens (including phenoxy) is 1. The summed E-state index contributed by atoms with van der Waals surface area (Å²) in [5, 5.41) is 5.07. The molecule has 0 heterocycles. The van der Waals surface area contributed by atoms with E-state index in [1.165, 1.54) is 0 Å². The zero-order chi connectivity index (χ0) is 19.1. The van der Waals surface area contributed by atoms with Crippen molar-refractivity contribution in [3.63, 3.8) is 0 Å². The monoisotopic (exact) mass is 418 g/mol. The highest BCUT2D eigenvalue weighted by molar-refractivity contribution is 9.10. The van der Waals surface area contributed by atoms with Gasteiger partial charge in [0.25, 0.3) is 5.91 Å². The Balaban J connectivity index is 1.76. The summed E-state index contributed by atoms with van der Waals surface area (Å²) in [7, 11) is 0. The van der Waals surface area contributed by atoms with Gasteiger partial charge in [-0.2, -0.15) is 0 Å². The first-order valence-corrected chi connectivity index (χ1v) is 8.71. The molecule has 136 valence electrons. The molecule has 2 N–H and O–H groups in total. The van der Waals surface area contributed by atoms with Crippen LogP contribution in [0.3, 0.4) is 0 Å². The highest BCUT2D eigenvalue weighted by atomic mass is 79.9. The normalized spacial score (nSPS) is 10.1. The first kappa shape index (κ1) is 19.7. The van der Waals surface area contributed by atoms with Crippen molar-refractivity contribution in [2.75, 3.05) is 18.5 Å². The lowest BCUT2D eigenvalue weighted by molar-refractivity contribution is -0.126. The summed E-state index contributed by atoms with van der Waals surface area (Å²) in [5.41, 5.74) is 3.02. The maximum absolute atomic E-state index is 11.9. The fourth-order valence-electron chi connectivity index (χ4n) is 2.07. The van der Waals surface area contributed by atoms with Gasteiger partial charge >= 0.3 is 5.97 Å². The number of halogens is 1. The zero-order valence-corrected chi connectivity index (χ0v) is 16.1. The van der Waals surface area contributed by atoms with E-state index in [1.807, 2.05) is 26.0 Å². The van der Waals surface area contributed by atoms with Crippen LogP contribution in [-0.4, -0.2) is 30.9 Å². The summed E-state index contributed by atoms with van der Waals surface area (Å²) in [5.74, 6) is -1.52. The number of para-hydroxylation sites is 1. The second-order valence-electron chi connectivity index (χ2n) is 5.68. The van der Waals surface area contributed by atoms with Crippen molar-refractivity contribution >= 4 is 39.4 Å². The SMILES string of the molecule is Cc1ccc(C(=O)OCC(=O)NCC(=O)Nc2ccccc2Br)cc1C. The number of nitrogens with one attached hydrogen (secondary N) is 2. The molecule has 0 aliphatic rings. The Labute approximate surface area is 160 Å². The van der Waals surface area contributed by atoms with E-state index in [1.54, 1.807) is 30.3 Å². The molecule has 2 aromatic carbocycles. The lowest BCUT2D eigenvalue weighted by atomic mass is 10.1. The number of amides is 2. The molecular weight excluding hydrogens is 400 g/mol. The van der Waals surface area contributed by atoms with Crippen LogP contribution >= 0.6 is 15.9 Å². The van der Waals surface area contributed by atoms with Crippen LogP contribution in [-0.2, 0) is 14.3 Å². The minimum Gasteiger partial charge on any atom is -0.452 e. The molecule has 6 nitrogen and oxygen atoms in total. The summed E-state index contributed by atoms with van der Waals surface area (Å²) in [4.78, 5) is 35.5. The van der Waals surface area contributed by atoms with Crippen LogP contribution in [0.5, 0.6) is 0 Å². The summed E-state index contributed by atoms with van der Waals surface area (Å²) >= 11 is 3.32. The maximum Gasteiger partial charge on any atom is 0.338 e. The van der Waals surface area contributed by atoms with Gasteiger partial charge in [0.1, 0.15) is 0 Å². The van der Waals surface area contributed by atoms with Crippen LogP contribution in [0.25, 0.3) is 0 Å². The quantitative estimate of drug-likeness (QED) is 0.706. The van der Waals surface area contributed by atoms with Gasteiger partial charge in [0.15, 0.2) is 6.61 Å². The Bertz CT molecular complexity index is 836. The van der Waals surface area contributed by atoms with Gasteiger partial charge in [-0.15, -0.1) is 0 Å². The molecule has 26 heavy (non-hydrogen) atoms. The third-order valence-corrected chi connectivity index (χ3v) is 4.36. The molecule has 2 rings (SSSR count). The summed E-state index contributed by atoms with van der Waals surface area (Å²) in [6.45, 7) is 3.16. The van der Waals surface area contributed by atoms with Gasteiger partial charge in [0.05, 0.1) is 17.8 Å². The molecule has 0 aliphatic heterocycles. The number of rotatable bonds is 6. The fraction of sp³-hybridized carbons (Fsp3) is 0.211. The highest BCUT2D eigenvalue weighted by Crippen LogP contribution is 2.20. The van der Waals surface area contributed by atoms with E-state index in [2.05, 4.69) is 26.6 Å². The fourth-order valence-corrected chi connectivity index (χ4v) is 2.45. The van der Waals surface area contributed by atoms with E-state index >= 15 is 0 Å². The Kier molecular flexibility index (Phi) is 6.91. The molecule has 2 amide bonds. The van der Waals surface area contributed by atoms with Crippen molar-refractivity contribution in [3.8, 4) is 0 Å². The molecule has 0 bridgehead atoms. The van der Waals surface area contributed by atoms with Crippen molar-refractivity contribution < 1.29 is 19.1 Å². The minimum absolute atomic E-state index is 0.221. The topological polar surface area (TPSA) is 84.5 Å². The predicted molar refractivity (Wildman–Crippen MR) is 102 cm³/mol. The van der Waals surface area contributed by atoms with Gasteiger partial charge < -0.3 is 15.4 Å². The molecule has 0 saturated heterocycles. The Morgan fingerprint density at radius 2 is 1.73 bits per heavy atom. The van der Waals surface area contributed by atoms with E-state index in [9.17, 15) is 14.4 Å². The maximum atomic E-state index is 11.9.